The summed E-state index contributed by atoms with van der Waals surface area (Å²) in [5, 5.41) is 10.1. The van der Waals surface area contributed by atoms with Crippen LogP contribution in [0.4, 0.5) is 34.1 Å². The van der Waals surface area contributed by atoms with Crippen molar-refractivity contribution >= 4 is 46.1 Å². The van der Waals surface area contributed by atoms with Crippen molar-refractivity contribution in [3.05, 3.63) is 95.6 Å². The maximum absolute atomic E-state index is 10.9. The number of hydrogen-bond donors (Lipinski definition) is 4. The minimum absolute atomic E-state index is 0.0527. The van der Waals surface area contributed by atoms with Crippen LogP contribution in [-0.2, 0) is 19.1 Å². The van der Waals surface area contributed by atoms with Crippen LogP contribution < -0.4 is 37.3 Å². The summed E-state index contributed by atoms with van der Waals surface area (Å²) in [4.78, 5) is 33.4. The summed E-state index contributed by atoms with van der Waals surface area (Å²) in [6.07, 6.45) is 2.12. The molecule has 14 heteroatoms. The van der Waals surface area contributed by atoms with Gasteiger partial charge >= 0.3 is 11.9 Å². The number of hydrogen-bond acceptors (Lipinski definition) is 13. The van der Waals surface area contributed by atoms with Gasteiger partial charge in [-0.15, -0.1) is 0 Å². The van der Waals surface area contributed by atoms with Gasteiger partial charge < -0.3 is 46.8 Å². The molecule has 0 aliphatic rings. The highest BCUT2D eigenvalue weighted by atomic mass is 16.6. The van der Waals surface area contributed by atoms with Gasteiger partial charge in [-0.05, 0) is 42.8 Å². The molecule has 47 heavy (non-hydrogen) atoms. The molecule has 0 unspecified atom stereocenters. The summed E-state index contributed by atoms with van der Waals surface area (Å²) in [6.45, 7) is 12.9. The molecule has 0 saturated carbocycles. The minimum Gasteiger partial charge on any atom is -0.488 e. The van der Waals surface area contributed by atoms with E-state index in [1.165, 1.54) is 42.1 Å². The van der Waals surface area contributed by atoms with E-state index in [0.717, 1.165) is 23.4 Å². The van der Waals surface area contributed by atoms with E-state index in [2.05, 4.69) is 24.1 Å². The summed E-state index contributed by atoms with van der Waals surface area (Å²) in [5.74, 6) is -0.390. The van der Waals surface area contributed by atoms with E-state index in [0.29, 0.717) is 28.6 Å². The van der Waals surface area contributed by atoms with Crippen molar-refractivity contribution in [3.63, 3.8) is 0 Å². The molecule has 0 heterocycles. The molecule has 14 nitrogen and oxygen atoms in total. The number of nitrogen functional groups attached to an aromatic ring is 4. The lowest BCUT2D eigenvalue weighted by atomic mass is 10.2. The van der Waals surface area contributed by atoms with Gasteiger partial charge in [-0.2, -0.15) is 0 Å². The van der Waals surface area contributed by atoms with E-state index in [9.17, 15) is 19.7 Å². The van der Waals surface area contributed by atoms with E-state index in [1.807, 2.05) is 47.0 Å². The highest BCUT2D eigenvalue weighted by Crippen LogP contribution is 2.32. The molecule has 0 spiro atoms. The van der Waals surface area contributed by atoms with Crippen LogP contribution in [0.5, 0.6) is 11.5 Å². The first-order valence-corrected chi connectivity index (χ1v) is 14.3. The number of non-ortho nitro benzene ring substituents is 1. The largest absolute Gasteiger partial charge is 0.488 e. The van der Waals surface area contributed by atoms with Gasteiger partial charge in [0.2, 0.25) is 0 Å². The maximum Gasteiger partial charge on any atom is 0.330 e. The smallest absolute Gasteiger partial charge is 0.330 e. The predicted molar refractivity (Wildman–Crippen MR) is 187 cm³/mol. The molecule has 8 N–H and O–H groups in total. The lowest BCUT2D eigenvalue weighted by Crippen LogP contribution is -2.12. The molecule has 3 aromatic rings. The number of aryl methyl sites for hydroxylation is 1. The first kappa shape index (κ1) is 41.1. The first-order valence-electron chi connectivity index (χ1n) is 14.3. The molecule has 0 aliphatic heterocycles. The monoisotopic (exact) mass is 654 g/mol. The molecule has 0 fully saturated rings. The van der Waals surface area contributed by atoms with Gasteiger partial charge in [0.1, 0.15) is 37.9 Å². The van der Waals surface area contributed by atoms with Gasteiger partial charge in [0.15, 0.2) is 0 Å². The number of benzene rings is 3. The first-order chi connectivity index (χ1) is 22.3. The third-order valence-corrected chi connectivity index (χ3v) is 5.52. The van der Waals surface area contributed by atoms with E-state index in [1.54, 1.807) is 0 Å². The summed E-state index contributed by atoms with van der Waals surface area (Å²) >= 11 is 0. The topological polar surface area (TPSA) is 222 Å². The Morgan fingerprint density at radius 3 is 1.57 bits per heavy atom. The van der Waals surface area contributed by atoms with E-state index < -0.39 is 16.9 Å². The van der Waals surface area contributed by atoms with Crippen LogP contribution in [0.2, 0.25) is 0 Å². The zero-order valence-corrected chi connectivity index (χ0v) is 27.6. The van der Waals surface area contributed by atoms with Gasteiger partial charge in [0, 0.05) is 67.6 Å². The Balaban J connectivity index is 0.000000755. The number of nitrogens with two attached hydrogens (primary N) is 4. The summed E-state index contributed by atoms with van der Waals surface area (Å²) in [7, 11) is 4.04. The number of rotatable bonds is 12. The van der Waals surface area contributed by atoms with Crippen LogP contribution in [0.1, 0.15) is 19.4 Å². The summed E-state index contributed by atoms with van der Waals surface area (Å²) in [6, 6.07) is 14.8. The van der Waals surface area contributed by atoms with Crippen LogP contribution in [-0.4, -0.2) is 57.4 Å². The molecule has 256 valence electrons. The molecule has 0 aromatic heterocycles. The minimum atomic E-state index is -0.535. The Kier molecular flexibility index (Phi) is 19.7. The van der Waals surface area contributed by atoms with E-state index in [-0.39, 0.29) is 32.1 Å². The van der Waals surface area contributed by atoms with Crippen molar-refractivity contribution in [1.82, 2.24) is 0 Å². The Hall–Kier alpha value is -5.92. The Bertz CT molecular complexity index is 1390. The van der Waals surface area contributed by atoms with E-state index in [4.69, 9.17) is 41.9 Å². The lowest BCUT2D eigenvalue weighted by Gasteiger charge is -2.14. The average Bonchev–Trinajstić information content (AvgIpc) is 3.05. The summed E-state index contributed by atoms with van der Waals surface area (Å²) in [5.41, 5.74) is 27.1. The van der Waals surface area contributed by atoms with Crippen molar-refractivity contribution in [1.29, 1.82) is 0 Å². The van der Waals surface area contributed by atoms with E-state index >= 15 is 0 Å². The van der Waals surface area contributed by atoms with Crippen molar-refractivity contribution < 1.29 is 33.5 Å². The molecule has 0 saturated heterocycles. The molecule has 3 rings (SSSR count). The number of carbonyl (C=O) groups excluding carboxylic acids is 2. The molecular weight excluding hydrogens is 608 g/mol. The predicted octanol–water partition coefficient (Wildman–Crippen LogP) is 4.91. The second-order valence-electron chi connectivity index (χ2n) is 9.15. The van der Waals surface area contributed by atoms with Crippen molar-refractivity contribution in [2.24, 2.45) is 0 Å². The maximum atomic E-state index is 10.9. The molecular formula is C33H46N6O8. The summed E-state index contributed by atoms with van der Waals surface area (Å²) < 4.78 is 20.3. The number of nitro benzene ring substituents is 1. The number of ether oxygens (including phenoxy) is 4. The van der Waals surface area contributed by atoms with Gasteiger partial charge in [0.25, 0.3) is 5.69 Å². The second kappa shape index (κ2) is 22.6. The van der Waals surface area contributed by atoms with Crippen LogP contribution in [0.25, 0.3) is 0 Å². The molecule has 0 amide bonds. The fourth-order valence-electron chi connectivity index (χ4n) is 3.08. The number of nitrogens with zero attached hydrogens (tertiary/aromatic N) is 2. The van der Waals surface area contributed by atoms with Crippen molar-refractivity contribution in [2.75, 3.05) is 68.4 Å². The number of carbonyl (C=O) groups is 2. The van der Waals surface area contributed by atoms with Crippen LogP contribution in [0, 0.1) is 17.0 Å². The fourth-order valence-corrected chi connectivity index (χ4v) is 3.08. The van der Waals surface area contributed by atoms with Gasteiger partial charge in [-0.1, -0.05) is 27.0 Å². The Labute approximate surface area is 275 Å². The zero-order chi connectivity index (χ0) is 35.9. The number of anilines is 5. The molecule has 0 radical (unpaired) electrons. The quantitative estimate of drug-likeness (QED) is 0.0509. The zero-order valence-electron chi connectivity index (χ0n) is 27.6. The second-order valence-corrected chi connectivity index (χ2v) is 9.15. The fraction of sp³-hybridized carbons (Fsp3) is 0.273. The number of esters is 2. The van der Waals surface area contributed by atoms with Gasteiger partial charge in [-0.3, -0.25) is 10.1 Å². The standard InChI is InChI=1S/C16H20N2O6.C9H14N2.C6H6N2O2.C2H6/c1-3-15(19)23-7-5-21-13-9-12(18)14(10-11(13)17)22-6-8-24-16(20)4-2;1-7-6-8(11(2)3)4-5-9(7)10;7-5-1-3-6(4-2-5)8(9)10;1-2/h3-4,9-10H,1-2,5-8,17-18H2;4-6H,10H2,1-3H3;1-4H,7H2;1-2H3. The SMILES string of the molecule is C=CC(=O)OCCOc1cc(N)c(OCCOC(=O)C=C)cc1N.CC.Cc1cc(N(C)C)ccc1N.Nc1ccc([N+](=O)[O-])cc1. The highest BCUT2D eigenvalue weighted by Gasteiger charge is 2.09. The van der Waals surface area contributed by atoms with Crippen LogP contribution >= 0.6 is 0 Å². The molecule has 3 aromatic carbocycles. The average molecular weight is 655 g/mol. The van der Waals surface area contributed by atoms with Gasteiger partial charge in [-0.25, -0.2) is 9.59 Å². The van der Waals surface area contributed by atoms with Crippen LogP contribution in [0.15, 0.2) is 79.9 Å². The molecule has 0 bridgehead atoms. The third-order valence-electron chi connectivity index (χ3n) is 5.52. The van der Waals surface area contributed by atoms with Crippen molar-refractivity contribution in [2.45, 2.75) is 20.8 Å². The Morgan fingerprint density at radius 2 is 1.21 bits per heavy atom. The lowest BCUT2D eigenvalue weighted by molar-refractivity contribution is -0.384. The molecule has 0 aliphatic carbocycles. The Morgan fingerprint density at radius 1 is 0.766 bits per heavy atom. The number of nitro groups is 1. The third kappa shape index (κ3) is 16.7. The van der Waals surface area contributed by atoms with Crippen LogP contribution in [0.3, 0.4) is 0 Å². The van der Waals surface area contributed by atoms with Crippen molar-refractivity contribution in [3.8, 4) is 11.5 Å². The highest BCUT2D eigenvalue weighted by molar-refractivity contribution is 5.81. The van der Waals surface area contributed by atoms with Gasteiger partial charge in [0.05, 0.1) is 16.3 Å². The normalized spacial score (nSPS) is 9.30. The molecule has 0 atom stereocenters.